The number of rotatable bonds is 1. The molecule has 2 rings (SSSR count). The van der Waals surface area contributed by atoms with Gasteiger partial charge in [0, 0.05) is 11.1 Å². The Labute approximate surface area is 106 Å². The molecule has 0 fully saturated rings. The first-order valence-corrected chi connectivity index (χ1v) is 5.25. The lowest BCUT2D eigenvalue weighted by molar-refractivity contribution is -0.139. The molecule has 1 heterocycles. The molecule has 0 amide bonds. The summed E-state index contributed by atoms with van der Waals surface area (Å²) in [5.41, 5.74) is 5.07. The third kappa shape index (κ3) is 2.49. The third-order valence-electron chi connectivity index (χ3n) is 2.67. The van der Waals surface area contributed by atoms with Gasteiger partial charge in [0.25, 0.3) is 0 Å². The fourth-order valence-corrected chi connectivity index (χ4v) is 1.64. The first kappa shape index (κ1) is 13.3. The van der Waals surface area contributed by atoms with Crippen molar-refractivity contribution < 1.29 is 17.6 Å². The summed E-state index contributed by atoms with van der Waals surface area (Å²) in [6, 6.07) is 2.69. The van der Waals surface area contributed by atoms with E-state index in [1.807, 2.05) is 0 Å². The molecule has 0 unspecified atom stereocenters. The molecular formula is C12H9F4N3. The van der Waals surface area contributed by atoms with Crippen molar-refractivity contribution in [1.82, 2.24) is 9.97 Å². The van der Waals surface area contributed by atoms with Gasteiger partial charge in [-0.05, 0) is 25.1 Å². The zero-order chi connectivity index (χ0) is 14.2. The van der Waals surface area contributed by atoms with Crippen molar-refractivity contribution in [3.8, 4) is 11.3 Å². The van der Waals surface area contributed by atoms with E-state index >= 15 is 0 Å². The highest BCUT2D eigenvalue weighted by atomic mass is 19.4. The van der Waals surface area contributed by atoms with Gasteiger partial charge in [0.1, 0.15) is 18.0 Å². The zero-order valence-corrected chi connectivity index (χ0v) is 9.79. The second-order valence-electron chi connectivity index (χ2n) is 3.92. The lowest BCUT2D eigenvalue weighted by atomic mass is 10.0. The number of nitrogens with zero attached hydrogens (tertiary/aromatic N) is 2. The Bertz CT molecular complexity index is 623. The van der Waals surface area contributed by atoms with Crippen molar-refractivity contribution in [3.05, 3.63) is 41.5 Å². The van der Waals surface area contributed by atoms with Crippen LogP contribution in [0.15, 0.2) is 24.5 Å². The average Bonchev–Trinajstić information content (AvgIpc) is 2.32. The average molecular weight is 271 g/mol. The van der Waals surface area contributed by atoms with Crippen molar-refractivity contribution in [3.63, 3.8) is 0 Å². The number of benzene rings is 1. The Balaban J connectivity index is 2.62. The fraction of sp³-hybridized carbons (Fsp3) is 0.167. The number of alkyl halides is 3. The van der Waals surface area contributed by atoms with Crippen molar-refractivity contribution in [2.75, 3.05) is 5.73 Å². The van der Waals surface area contributed by atoms with Crippen molar-refractivity contribution in [1.29, 1.82) is 0 Å². The normalized spacial score (nSPS) is 11.6. The van der Waals surface area contributed by atoms with Crippen molar-refractivity contribution in [2.45, 2.75) is 13.1 Å². The third-order valence-corrected chi connectivity index (χ3v) is 2.67. The van der Waals surface area contributed by atoms with Crippen LogP contribution in [0.2, 0.25) is 0 Å². The Kier molecular flexibility index (Phi) is 3.13. The molecule has 0 bridgehead atoms. The van der Waals surface area contributed by atoms with Crippen molar-refractivity contribution >= 4 is 5.82 Å². The van der Waals surface area contributed by atoms with E-state index in [0.29, 0.717) is 11.6 Å². The van der Waals surface area contributed by atoms with Crippen molar-refractivity contribution in [2.24, 2.45) is 0 Å². The zero-order valence-electron chi connectivity index (χ0n) is 9.79. The Morgan fingerprint density at radius 1 is 1.16 bits per heavy atom. The second kappa shape index (κ2) is 4.49. The maximum absolute atomic E-state index is 13.2. The van der Waals surface area contributed by atoms with E-state index in [2.05, 4.69) is 9.97 Å². The minimum absolute atomic E-state index is 0.139. The van der Waals surface area contributed by atoms with Crippen LogP contribution in [0.25, 0.3) is 11.3 Å². The van der Waals surface area contributed by atoms with E-state index in [1.165, 1.54) is 6.07 Å². The summed E-state index contributed by atoms with van der Waals surface area (Å²) in [7, 11) is 0. The van der Waals surface area contributed by atoms with E-state index in [4.69, 9.17) is 5.73 Å². The summed E-state index contributed by atoms with van der Waals surface area (Å²) in [6.45, 7) is 1.58. The molecule has 0 saturated carbocycles. The van der Waals surface area contributed by atoms with Gasteiger partial charge in [-0.2, -0.15) is 13.2 Å². The maximum Gasteiger partial charge on any atom is 0.419 e. The monoisotopic (exact) mass is 271 g/mol. The van der Waals surface area contributed by atoms with Gasteiger partial charge in [0.2, 0.25) is 0 Å². The van der Waals surface area contributed by atoms with E-state index in [1.54, 1.807) is 6.92 Å². The summed E-state index contributed by atoms with van der Waals surface area (Å²) < 4.78 is 51.1. The highest BCUT2D eigenvalue weighted by Gasteiger charge is 2.34. The SMILES string of the molecule is Cc1c(N)ncnc1-c1ccc(F)c(C(F)(F)F)c1. The van der Waals surface area contributed by atoms with E-state index in [-0.39, 0.29) is 17.1 Å². The molecule has 0 saturated heterocycles. The number of anilines is 1. The Morgan fingerprint density at radius 3 is 2.47 bits per heavy atom. The first-order chi connectivity index (χ1) is 8.80. The van der Waals surface area contributed by atoms with Gasteiger partial charge in [0.05, 0.1) is 11.3 Å². The number of hydrogen-bond acceptors (Lipinski definition) is 3. The van der Waals surface area contributed by atoms with E-state index in [9.17, 15) is 17.6 Å². The van der Waals surface area contributed by atoms with Gasteiger partial charge < -0.3 is 5.73 Å². The number of halogens is 4. The molecule has 1 aromatic heterocycles. The predicted molar refractivity (Wildman–Crippen MR) is 61.6 cm³/mol. The highest BCUT2D eigenvalue weighted by molar-refractivity contribution is 5.67. The van der Waals surface area contributed by atoms with Gasteiger partial charge in [-0.15, -0.1) is 0 Å². The minimum Gasteiger partial charge on any atom is -0.383 e. The highest BCUT2D eigenvalue weighted by Crippen LogP contribution is 2.34. The lowest BCUT2D eigenvalue weighted by Crippen LogP contribution is -2.08. The van der Waals surface area contributed by atoms with Crippen LogP contribution in [0, 0.1) is 12.7 Å². The van der Waals surface area contributed by atoms with E-state index < -0.39 is 17.6 Å². The minimum atomic E-state index is -4.76. The molecule has 0 atom stereocenters. The van der Waals surface area contributed by atoms with Gasteiger partial charge in [-0.25, -0.2) is 14.4 Å². The molecule has 0 aliphatic heterocycles. The van der Waals surface area contributed by atoms with Crippen LogP contribution in [0.1, 0.15) is 11.1 Å². The Morgan fingerprint density at radius 2 is 1.84 bits per heavy atom. The number of nitrogens with two attached hydrogens (primary N) is 1. The number of aromatic nitrogens is 2. The van der Waals surface area contributed by atoms with Gasteiger partial charge >= 0.3 is 6.18 Å². The quantitative estimate of drug-likeness (QED) is 0.810. The van der Waals surface area contributed by atoms with Crippen LogP contribution in [-0.2, 0) is 6.18 Å². The summed E-state index contributed by atoms with van der Waals surface area (Å²) >= 11 is 0. The van der Waals surface area contributed by atoms with Crippen LogP contribution in [0.3, 0.4) is 0 Å². The molecule has 7 heteroatoms. The Hall–Kier alpha value is -2.18. The maximum atomic E-state index is 13.2. The topological polar surface area (TPSA) is 51.8 Å². The standard InChI is InChI=1S/C12H9F4N3/c1-6-10(18-5-19-11(6)17)7-2-3-9(13)8(4-7)12(14,15)16/h2-5H,1H3,(H2,17,18,19). The van der Waals surface area contributed by atoms with Gasteiger partial charge in [-0.1, -0.05) is 0 Å². The molecule has 100 valence electrons. The van der Waals surface area contributed by atoms with Gasteiger partial charge in [-0.3, -0.25) is 0 Å². The molecule has 2 N–H and O–H groups in total. The van der Waals surface area contributed by atoms with Crippen LogP contribution >= 0.6 is 0 Å². The molecule has 2 aromatic rings. The molecule has 19 heavy (non-hydrogen) atoms. The second-order valence-corrected chi connectivity index (χ2v) is 3.92. The molecule has 0 aliphatic carbocycles. The summed E-state index contributed by atoms with van der Waals surface area (Å²) in [5, 5.41) is 0. The molecular weight excluding hydrogens is 262 g/mol. The molecule has 1 aromatic carbocycles. The number of nitrogen functional groups attached to an aromatic ring is 1. The predicted octanol–water partition coefficient (Wildman–Crippen LogP) is 3.19. The largest absolute Gasteiger partial charge is 0.419 e. The summed E-state index contributed by atoms with van der Waals surface area (Å²) in [5.74, 6) is -1.15. The van der Waals surface area contributed by atoms with Crippen LogP contribution < -0.4 is 5.73 Å². The van der Waals surface area contributed by atoms with E-state index in [0.717, 1.165) is 12.4 Å². The van der Waals surface area contributed by atoms with Crippen LogP contribution in [0.4, 0.5) is 23.4 Å². The first-order valence-electron chi connectivity index (χ1n) is 5.25. The van der Waals surface area contributed by atoms with Crippen LogP contribution in [-0.4, -0.2) is 9.97 Å². The fourth-order valence-electron chi connectivity index (χ4n) is 1.64. The van der Waals surface area contributed by atoms with Crippen LogP contribution in [0.5, 0.6) is 0 Å². The summed E-state index contributed by atoms with van der Waals surface area (Å²) in [6.07, 6.45) is -3.61. The summed E-state index contributed by atoms with van der Waals surface area (Å²) in [4.78, 5) is 7.61. The number of hydrogen-bond donors (Lipinski definition) is 1. The molecule has 3 nitrogen and oxygen atoms in total. The van der Waals surface area contributed by atoms with Gasteiger partial charge in [0.15, 0.2) is 0 Å². The smallest absolute Gasteiger partial charge is 0.383 e. The lowest BCUT2D eigenvalue weighted by Gasteiger charge is -2.11. The molecule has 0 radical (unpaired) electrons. The molecule has 0 spiro atoms. The molecule has 0 aliphatic rings.